The number of rotatable bonds is 0. The van der Waals surface area contributed by atoms with Crippen LogP contribution in [0.3, 0.4) is 0 Å². The Hall–Kier alpha value is -0.370. The Bertz CT molecular complexity index is 132. The van der Waals surface area contributed by atoms with Gasteiger partial charge >= 0.3 is 0 Å². The molecule has 0 bridgehead atoms. The lowest BCUT2D eigenvalue weighted by atomic mass is 10.1. The van der Waals surface area contributed by atoms with Crippen molar-refractivity contribution in [3.63, 3.8) is 0 Å². The van der Waals surface area contributed by atoms with E-state index in [0.29, 0.717) is 18.4 Å². The highest BCUT2D eigenvalue weighted by atomic mass is 16.1. The maximum atomic E-state index is 10.6. The summed E-state index contributed by atoms with van der Waals surface area (Å²) in [4.78, 5) is 10.6. The van der Waals surface area contributed by atoms with Crippen molar-refractivity contribution in [1.29, 1.82) is 0 Å². The van der Waals surface area contributed by atoms with Gasteiger partial charge in [0.15, 0.2) is 0 Å². The van der Waals surface area contributed by atoms with Gasteiger partial charge in [-0.2, -0.15) is 0 Å². The number of hydrogen-bond acceptors (Lipinski definition) is 2. The van der Waals surface area contributed by atoms with Crippen LogP contribution in [0.15, 0.2) is 0 Å². The largest absolute Gasteiger partial charge is 0.307 e. The van der Waals surface area contributed by atoms with E-state index >= 15 is 0 Å². The Kier molecular flexibility index (Phi) is 0.742. The fraction of sp³-hybridized carbons (Fsp3) is 0.833. The van der Waals surface area contributed by atoms with Crippen molar-refractivity contribution < 1.29 is 4.79 Å². The van der Waals surface area contributed by atoms with Crippen LogP contribution in [-0.2, 0) is 4.79 Å². The molecule has 0 radical (unpaired) electrons. The van der Waals surface area contributed by atoms with Crippen LogP contribution in [-0.4, -0.2) is 18.4 Å². The van der Waals surface area contributed by atoms with Crippen molar-refractivity contribution >= 4 is 5.78 Å². The van der Waals surface area contributed by atoms with Crippen molar-refractivity contribution in [1.82, 2.24) is 5.32 Å². The summed E-state index contributed by atoms with van der Waals surface area (Å²) < 4.78 is 0. The van der Waals surface area contributed by atoms with Crippen molar-refractivity contribution in [2.45, 2.75) is 18.9 Å². The van der Waals surface area contributed by atoms with Crippen molar-refractivity contribution in [3.05, 3.63) is 0 Å². The molecule has 1 aliphatic heterocycles. The second kappa shape index (κ2) is 1.32. The van der Waals surface area contributed by atoms with Crippen LogP contribution in [0.25, 0.3) is 0 Å². The van der Waals surface area contributed by atoms with Crippen LogP contribution in [0.4, 0.5) is 0 Å². The summed E-state index contributed by atoms with van der Waals surface area (Å²) >= 11 is 0. The minimum Gasteiger partial charge on any atom is -0.307 e. The second-order valence-corrected chi connectivity index (χ2v) is 2.73. The van der Waals surface area contributed by atoms with Crippen molar-refractivity contribution in [2.75, 3.05) is 6.54 Å². The van der Waals surface area contributed by atoms with E-state index in [1.807, 2.05) is 0 Å². The number of piperidine rings is 1. The molecule has 0 spiro atoms. The number of fused-ring (bicyclic) bond motifs is 1. The predicted octanol–water partition coefficient (Wildman–Crippen LogP) is -0.0627. The van der Waals surface area contributed by atoms with Gasteiger partial charge in [-0.3, -0.25) is 4.79 Å². The molecule has 0 amide bonds. The molecule has 0 aromatic heterocycles. The number of ketones is 1. The lowest BCUT2D eigenvalue weighted by molar-refractivity contribution is -0.119. The molecule has 44 valence electrons. The lowest BCUT2D eigenvalue weighted by Crippen LogP contribution is -2.31. The molecule has 2 unspecified atom stereocenters. The van der Waals surface area contributed by atoms with Gasteiger partial charge < -0.3 is 5.32 Å². The Morgan fingerprint density at radius 1 is 1.62 bits per heavy atom. The molecule has 1 saturated carbocycles. The Labute approximate surface area is 48.3 Å². The highest BCUT2D eigenvalue weighted by Gasteiger charge is 2.41. The third-order valence-corrected chi connectivity index (χ3v) is 1.97. The molecule has 1 N–H and O–H groups in total. The SMILES string of the molecule is O=C1CNC2CC2C1. The number of carbonyl (C=O) groups excluding carboxylic acids is 1. The van der Waals surface area contributed by atoms with Gasteiger partial charge in [0.25, 0.3) is 0 Å². The van der Waals surface area contributed by atoms with Crippen LogP contribution in [0.5, 0.6) is 0 Å². The summed E-state index contributed by atoms with van der Waals surface area (Å²) in [7, 11) is 0. The molecule has 2 atom stereocenters. The molecule has 2 fully saturated rings. The standard InChI is InChI=1S/C6H9NO/c8-5-1-4-2-6(4)7-3-5/h4,6-7H,1-3H2. The molecule has 1 saturated heterocycles. The zero-order valence-electron chi connectivity index (χ0n) is 4.68. The van der Waals surface area contributed by atoms with Gasteiger partial charge in [0.1, 0.15) is 5.78 Å². The van der Waals surface area contributed by atoms with Crippen LogP contribution in [0.2, 0.25) is 0 Å². The van der Waals surface area contributed by atoms with E-state index in [2.05, 4.69) is 5.32 Å². The third kappa shape index (κ3) is 0.564. The molecule has 1 heterocycles. The van der Waals surface area contributed by atoms with Gasteiger partial charge in [0.05, 0.1) is 6.54 Å². The Balaban J connectivity index is 2.02. The minimum absolute atomic E-state index is 0.392. The Morgan fingerprint density at radius 3 is 3.12 bits per heavy atom. The molecule has 0 aromatic carbocycles. The normalized spacial score (nSPS) is 43.8. The maximum absolute atomic E-state index is 10.6. The van der Waals surface area contributed by atoms with Crippen LogP contribution < -0.4 is 5.32 Å². The van der Waals surface area contributed by atoms with E-state index in [0.717, 1.165) is 12.3 Å². The summed E-state index contributed by atoms with van der Waals surface area (Å²) in [5.74, 6) is 1.11. The van der Waals surface area contributed by atoms with Gasteiger partial charge in [-0.05, 0) is 12.3 Å². The highest BCUT2D eigenvalue weighted by molar-refractivity contribution is 5.82. The monoisotopic (exact) mass is 111 g/mol. The van der Waals surface area contributed by atoms with E-state index in [9.17, 15) is 4.79 Å². The van der Waals surface area contributed by atoms with Crippen LogP contribution in [0.1, 0.15) is 12.8 Å². The van der Waals surface area contributed by atoms with Gasteiger partial charge in [0.2, 0.25) is 0 Å². The molecule has 2 aliphatic rings. The number of Topliss-reactive ketones (excluding diaryl/α,β-unsaturated/α-hetero) is 1. The smallest absolute Gasteiger partial charge is 0.146 e. The minimum atomic E-state index is 0.392. The molecule has 2 rings (SSSR count). The zero-order valence-corrected chi connectivity index (χ0v) is 4.68. The molecule has 1 aliphatic carbocycles. The first-order valence-electron chi connectivity index (χ1n) is 3.11. The first-order chi connectivity index (χ1) is 3.86. The van der Waals surface area contributed by atoms with E-state index in [1.165, 1.54) is 6.42 Å². The summed E-state index contributed by atoms with van der Waals surface area (Å²) in [6.07, 6.45) is 2.09. The molecular weight excluding hydrogens is 102 g/mol. The molecule has 8 heavy (non-hydrogen) atoms. The third-order valence-electron chi connectivity index (χ3n) is 1.97. The number of hydrogen-bond donors (Lipinski definition) is 1. The number of nitrogens with one attached hydrogen (secondary N) is 1. The average Bonchev–Trinajstić information content (AvgIpc) is 2.43. The fourth-order valence-electron chi connectivity index (χ4n) is 1.33. The summed E-state index contributed by atoms with van der Waals surface area (Å²) in [5, 5.41) is 3.16. The molecule has 2 nitrogen and oxygen atoms in total. The van der Waals surface area contributed by atoms with Crippen LogP contribution in [0, 0.1) is 5.92 Å². The summed E-state index contributed by atoms with van der Waals surface area (Å²) in [6, 6.07) is 0.715. The van der Waals surface area contributed by atoms with Gasteiger partial charge in [0, 0.05) is 12.5 Å². The quantitative estimate of drug-likeness (QED) is 0.474. The van der Waals surface area contributed by atoms with Gasteiger partial charge in [-0.15, -0.1) is 0 Å². The van der Waals surface area contributed by atoms with Crippen molar-refractivity contribution in [3.8, 4) is 0 Å². The Morgan fingerprint density at radius 2 is 2.50 bits per heavy atom. The fourth-order valence-corrected chi connectivity index (χ4v) is 1.33. The molecule has 2 heteroatoms. The average molecular weight is 111 g/mol. The topological polar surface area (TPSA) is 29.1 Å². The number of carbonyl (C=O) groups is 1. The summed E-state index contributed by atoms with van der Waals surface area (Å²) in [5.41, 5.74) is 0. The molecule has 0 aromatic rings. The summed E-state index contributed by atoms with van der Waals surface area (Å²) in [6.45, 7) is 0.626. The molecular formula is C6H9NO. The maximum Gasteiger partial charge on any atom is 0.146 e. The highest BCUT2D eigenvalue weighted by Crippen LogP contribution is 2.35. The van der Waals surface area contributed by atoms with E-state index in [1.54, 1.807) is 0 Å². The van der Waals surface area contributed by atoms with Crippen LogP contribution >= 0.6 is 0 Å². The first-order valence-corrected chi connectivity index (χ1v) is 3.11. The van der Waals surface area contributed by atoms with Gasteiger partial charge in [-0.1, -0.05) is 0 Å². The van der Waals surface area contributed by atoms with E-state index in [-0.39, 0.29) is 0 Å². The second-order valence-electron chi connectivity index (χ2n) is 2.73. The lowest BCUT2D eigenvalue weighted by Gasteiger charge is -2.07. The van der Waals surface area contributed by atoms with Crippen molar-refractivity contribution in [2.24, 2.45) is 5.92 Å². The zero-order chi connectivity index (χ0) is 5.56. The van der Waals surface area contributed by atoms with E-state index in [4.69, 9.17) is 0 Å². The predicted molar refractivity (Wildman–Crippen MR) is 29.5 cm³/mol. The van der Waals surface area contributed by atoms with Gasteiger partial charge in [-0.25, -0.2) is 0 Å². The first kappa shape index (κ1) is 4.50. The van der Waals surface area contributed by atoms with E-state index < -0.39 is 0 Å².